The molecular weight excluding hydrogens is 532 g/mol. The number of anilines is 1. The molecule has 2 aliphatic carbocycles. The molecule has 0 fully saturated rings. The van der Waals surface area contributed by atoms with E-state index >= 15 is 0 Å². The predicted molar refractivity (Wildman–Crippen MR) is 173 cm³/mol. The molecule has 0 saturated carbocycles. The van der Waals surface area contributed by atoms with Gasteiger partial charge in [0.25, 0.3) is 0 Å². The third kappa shape index (κ3) is 4.43. The van der Waals surface area contributed by atoms with Gasteiger partial charge in [-0.25, -0.2) is 4.58 Å². The Morgan fingerprint density at radius 3 is 2.44 bits per heavy atom. The Hall–Kier alpha value is -5.03. The van der Waals surface area contributed by atoms with E-state index in [0.717, 1.165) is 77.5 Å². The van der Waals surface area contributed by atoms with Gasteiger partial charge in [0.15, 0.2) is 0 Å². The van der Waals surface area contributed by atoms with Crippen LogP contribution >= 0.6 is 0 Å². The highest BCUT2D eigenvalue weighted by molar-refractivity contribution is 5.92. The monoisotopic (exact) mass is 566 g/mol. The SMILES string of the molecule is CN(C)c1ccc2c(c1)Oc1ccc/c(=C\C3=C([O-])C(=C\c4cccc5oc6cc(=[N+](C)C)ccc-6cc45)/C3(C)C)c1=C2. The molecule has 2 heterocycles. The van der Waals surface area contributed by atoms with E-state index in [4.69, 9.17) is 9.15 Å². The molecule has 0 N–H and O–H groups in total. The lowest BCUT2D eigenvalue weighted by Crippen LogP contribution is -2.38. The summed E-state index contributed by atoms with van der Waals surface area (Å²) in [5.74, 6) is 2.53. The summed E-state index contributed by atoms with van der Waals surface area (Å²) in [5.41, 5.74) is 6.07. The first kappa shape index (κ1) is 26.8. The van der Waals surface area contributed by atoms with Gasteiger partial charge in [-0.2, -0.15) is 0 Å². The summed E-state index contributed by atoms with van der Waals surface area (Å²) in [7, 11) is 8.08. The molecule has 0 saturated heterocycles. The molecule has 0 bridgehead atoms. The lowest BCUT2D eigenvalue weighted by Gasteiger charge is -2.46. The molecular formula is C38H34N2O3. The second-order valence-electron chi connectivity index (χ2n) is 12.3. The van der Waals surface area contributed by atoms with E-state index in [-0.39, 0.29) is 5.76 Å². The van der Waals surface area contributed by atoms with Gasteiger partial charge in [-0.3, -0.25) is 0 Å². The zero-order chi connectivity index (χ0) is 30.0. The quantitative estimate of drug-likeness (QED) is 0.221. The highest BCUT2D eigenvalue weighted by Crippen LogP contribution is 2.50. The van der Waals surface area contributed by atoms with E-state index in [1.54, 1.807) is 0 Å². The molecule has 214 valence electrons. The number of ether oxygens (including phenoxy) is 1. The van der Waals surface area contributed by atoms with Gasteiger partial charge in [0.05, 0.1) is 6.07 Å². The van der Waals surface area contributed by atoms with Crippen molar-refractivity contribution < 1.29 is 14.3 Å². The Balaban J connectivity index is 1.32. The largest absolute Gasteiger partial charge is 0.872 e. The summed E-state index contributed by atoms with van der Waals surface area (Å²) in [5, 5.41) is 17.7. The molecule has 5 nitrogen and oxygen atoms in total. The lowest BCUT2D eigenvalue weighted by molar-refractivity contribution is -0.306. The fraction of sp³-hybridized carbons (Fsp3) is 0.184. The highest BCUT2D eigenvalue weighted by atomic mass is 16.5. The van der Waals surface area contributed by atoms with E-state index in [2.05, 4.69) is 84.0 Å². The Morgan fingerprint density at radius 1 is 0.860 bits per heavy atom. The van der Waals surface area contributed by atoms with Crippen molar-refractivity contribution in [2.45, 2.75) is 13.8 Å². The maximum absolute atomic E-state index is 13.7. The first-order chi connectivity index (χ1) is 20.6. The Morgan fingerprint density at radius 2 is 1.67 bits per heavy atom. The maximum atomic E-state index is 13.7. The lowest BCUT2D eigenvalue weighted by atomic mass is 9.65. The number of hydrogen-bond donors (Lipinski definition) is 0. The van der Waals surface area contributed by atoms with Crippen LogP contribution < -0.4 is 35.1 Å². The molecule has 0 unspecified atom stereocenters. The van der Waals surface area contributed by atoms with E-state index in [9.17, 15) is 5.11 Å². The zero-order valence-electron chi connectivity index (χ0n) is 25.4. The summed E-state index contributed by atoms with van der Waals surface area (Å²) < 4.78 is 14.7. The third-order valence-electron chi connectivity index (χ3n) is 8.70. The molecule has 2 aliphatic heterocycles. The topological polar surface area (TPSA) is 51.7 Å². The molecule has 7 rings (SSSR count). The summed E-state index contributed by atoms with van der Waals surface area (Å²) in [6.07, 6.45) is 6.22. The number of benzene rings is 4. The van der Waals surface area contributed by atoms with Crippen LogP contribution in [0.2, 0.25) is 0 Å². The molecule has 0 atom stereocenters. The summed E-state index contributed by atoms with van der Waals surface area (Å²) in [4.78, 5) is 2.06. The van der Waals surface area contributed by atoms with Crippen molar-refractivity contribution >= 4 is 34.9 Å². The Kier molecular flexibility index (Phi) is 6.10. The number of rotatable bonds is 3. The van der Waals surface area contributed by atoms with Crippen LogP contribution in [0.1, 0.15) is 25.0 Å². The van der Waals surface area contributed by atoms with Crippen molar-refractivity contribution in [1.82, 2.24) is 4.58 Å². The Bertz CT molecular complexity index is 2190. The van der Waals surface area contributed by atoms with Gasteiger partial charge in [-0.05, 0) is 64.4 Å². The van der Waals surface area contributed by atoms with Crippen LogP contribution in [0.15, 0.2) is 100 Å². The average Bonchev–Trinajstić information content (AvgIpc) is 2.99. The molecule has 5 heteroatoms. The minimum absolute atomic E-state index is 0.0701. The van der Waals surface area contributed by atoms with Gasteiger partial charge in [0.1, 0.15) is 36.9 Å². The van der Waals surface area contributed by atoms with Gasteiger partial charge in [0, 0.05) is 59.1 Å². The second-order valence-corrected chi connectivity index (χ2v) is 12.3. The van der Waals surface area contributed by atoms with Crippen molar-refractivity contribution in [1.29, 1.82) is 0 Å². The minimum atomic E-state index is -0.412. The summed E-state index contributed by atoms with van der Waals surface area (Å²) >= 11 is 0. The maximum Gasteiger partial charge on any atom is 0.203 e. The molecule has 0 aromatic heterocycles. The molecule has 4 aliphatic rings. The van der Waals surface area contributed by atoms with E-state index in [0.29, 0.717) is 0 Å². The van der Waals surface area contributed by atoms with Crippen LogP contribution in [0.25, 0.3) is 40.5 Å². The average molecular weight is 567 g/mol. The number of nitrogens with zero attached hydrogens (tertiary/aromatic N) is 2. The number of allylic oxidation sites excluding steroid dienone is 2. The van der Waals surface area contributed by atoms with E-state index in [1.165, 1.54) is 0 Å². The molecule has 3 aromatic carbocycles. The van der Waals surface area contributed by atoms with Crippen LogP contribution in [0.5, 0.6) is 11.5 Å². The van der Waals surface area contributed by atoms with Crippen LogP contribution in [-0.2, 0) is 0 Å². The van der Waals surface area contributed by atoms with Crippen LogP contribution in [0, 0.1) is 5.41 Å². The number of hydrogen-bond acceptors (Lipinski definition) is 4. The third-order valence-corrected chi connectivity index (χ3v) is 8.70. The molecule has 0 radical (unpaired) electrons. The standard InChI is InChI=1S/C38H34N2O3/c1-38(2)31(19-23-9-7-11-33-29(23)17-25-13-15-27(39(3)4)21-35(25)42-33)37(41)32(38)20-24-10-8-12-34-30(24)18-26-14-16-28(40(5)6)22-36(26)43-34/h7-22H,1-6H3. The molecule has 43 heavy (non-hydrogen) atoms. The van der Waals surface area contributed by atoms with Crippen molar-refractivity contribution in [3.05, 3.63) is 123 Å². The van der Waals surface area contributed by atoms with Gasteiger partial charge < -0.3 is 19.2 Å². The van der Waals surface area contributed by atoms with Crippen LogP contribution in [0.4, 0.5) is 5.69 Å². The highest BCUT2D eigenvalue weighted by Gasteiger charge is 2.36. The second kappa shape index (κ2) is 9.77. The molecule has 0 spiro atoms. The summed E-state index contributed by atoms with van der Waals surface area (Å²) in [6.45, 7) is 4.24. The van der Waals surface area contributed by atoms with Crippen molar-refractivity contribution in [2.24, 2.45) is 5.41 Å². The van der Waals surface area contributed by atoms with Gasteiger partial charge >= 0.3 is 0 Å². The van der Waals surface area contributed by atoms with Crippen molar-refractivity contribution in [2.75, 3.05) is 33.1 Å². The van der Waals surface area contributed by atoms with E-state index in [1.807, 2.05) is 64.6 Å². The molecule has 0 amide bonds. The Labute approximate surface area is 251 Å². The van der Waals surface area contributed by atoms with Crippen molar-refractivity contribution in [3.63, 3.8) is 0 Å². The van der Waals surface area contributed by atoms with Gasteiger partial charge in [0.2, 0.25) is 5.36 Å². The fourth-order valence-corrected chi connectivity index (χ4v) is 6.02. The first-order valence-electron chi connectivity index (χ1n) is 14.5. The normalized spacial score (nSPS) is 16.4. The van der Waals surface area contributed by atoms with Gasteiger partial charge in [-0.15, -0.1) is 5.76 Å². The van der Waals surface area contributed by atoms with Crippen molar-refractivity contribution in [3.8, 4) is 22.8 Å². The van der Waals surface area contributed by atoms with Gasteiger partial charge in [-0.1, -0.05) is 50.3 Å². The van der Waals surface area contributed by atoms with Crippen LogP contribution in [-0.4, -0.2) is 28.2 Å². The minimum Gasteiger partial charge on any atom is -0.872 e. The fourth-order valence-electron chi connectivity index (χ4n) is 6.02. The van der Waals surface area contributed by atoms with Crippen LogP contribution in [0.3, 0.4) is 0 Å². The van der Waals surface area contributed by atoms with E-state index < -0.39 is 5.41 Å². The molecule has 3 aromatic rings. The zero-order valence-corrected chi connectivity index (χ0v) is 25.4. The number of fused-ring (bicyclic) bond motifs is 4. The predicted octanol–water partition coefficient (Wildman–Crippen LogP) is 5.09. The smallest absolute Gasteiger partial charge is 0.203 e. The summed E-state index contributed by atoms with van der Waals surface area (Å²) in [6, 6.07) is 26.6. The first-order valence-corrected chi connectivity index (χ1v) is 14.5.